The van der Waals surface area contributed by atoms with Gasteiger partial charge in [-0.05, 0) is 87.3 Å². The predicted octanol–water partition coefficient (Wildman–Crippen LogP) is 5.86. The molecule has 180 valence electrons. The van der Waals surface area contributed by atoms with Gasteiger partial charge in [-0.15, -0.1) is 0 Å². The lowest BCUT2D eigenvalue weighted by molar-refractivity contribution is 0.202. The summed E-state index contributed by atoms with van der Waals surface area (Å²) in [5.74, 6) is 1.79. The zero-order valence-corrected chi connectivity index (χ0v) is 20.5. The Balaban J connectivity index is 1.16. The van der Waals surface area contributed by atoms with Gasteiger partial charge in [0.25, 0.3) is 0 Å². The first-order chi connectivity index (χ1) is 16.5. The van der Waals surface area contributed by atoms with E-state index < -0.39 is 0 Å². The maximum Gasteiger partial charge on any atom is 0.323 e. The largest absolute Gasteiger partial charge is 0.371 e. The third-order valence-corrected chi connectivity index (χ3v) is 7.60. The Morgan fingerprint density at radius 3 is 2.47 bits per heavy atom. The van der Waals surface area contributed by atoms with Gasteiger partial charge in [0, 0.05) is 60.3 Å². The minimum Gasteiger partial charge on any atom is -0.371 e. The molecule has 3 aromatic rings. The molecule has 2 N–H and O–H groups in total. The number of nitrogens with one attached hydrogen (secondary N) is 2. The molecule has 0 spiro atoms. The maximum atomic E-state index is 12.6. The molecule has 2 atom stereocenters. The summed E-state index contributed by atoms with van der Waals surface area (Å²) < 4.78 is 2.25. The summed E-state index contributed by atoms with van der Waals surface area (Å²) in [6.45, 7) is 4.26. The van der Waals surface area contributed by atoms with E-state index in [1.807, 2.05) is 24.3 Å². The molecule has 0 unspecified atom stereocenters. The van der Waals surface area contributed by atoms with Crippen LogP contribution in [-0.2, 0) is 6.54 Å². The van der Waals surface area contributed by atoms with E-state index in [1.54, 1.807) is 0 Å². The van der Waals surface area contributed by atoms with Gasteiger partial charge >= 0.3 is 6.03 Å². The van der Waals surface area contributed by atoms with E-state index in [-0.39, 0.29) is 6.03 Å². The molecule has 2 aromatic carbocycles. The number of aromatic nitrogens is 1. The van der Waals surface area contributed by atoms with Crippen LogP contribution in [-0.4, -0.2) is 49.2 Å². The highest BCUT2D eigenvalue weighted by molar-refractivity contribution is 6.01. The first kappa shape index (κ1) is 22.8. The van der Waals surface area contributed by atoms with Crippen LogP contribution in [0.4, 0.5) is 21.9 Å². The summed E-state index contributed by atoms with van der Waals surface area (Å²) in [7, 11) is 4.16. The van der Waals surface area contributed by atoms with Crippen LogP contribution in [0.25, 0.3) is 10.9 Å². The van der Waals surface area contributed by atoms with Gasteiger partial charge in [0.2, 0.25) is 0 Å². The van der Waals surface area contributed by atoms with E-state index in [2.05, 4.69) is 69.6 Å². The summed E-state index contributed by atoms with van der Waals surface area (Å²) in [4.78, 5) is 17.3. The number of amides is 2. The Labute approximate surface area is 202 Å². The van der Waals surface area contributed by atoms with Crippen molar-refractivity contribution in [2.45, 2.75) is 38.6 Å². The second kappa shape index (κ2) is 10.1. The van der Waals surface area contributed by atoms with E-state index in [9.17, 15) is 4.79 Å². The lowest BCUT2D eigenvalue weighted by Crippen LogP contribution is -2.41. The summed E-state index contributed by atoms with van der Waals surface area (Å²) >= 11 is 0. The number of carbonyl (C=O) groups is 1. The number of likely N-dealkylation sites (N-methyl/N-ethyl adjacent to an activating group) is 1. The number of piperidine rings is 1. The number of rotatable bonds is 6. The number of carbonyl (C=O) groups excluding carboxylic acids is 1. The second-order valence-electron chi connectivity index (χ2n) is 10.3. The molecule has 1 aliphatic carbocycles. The Morgan fingerprint density at radius 2 is 1.68 bits per heavy atom. The molecule has 6 heteroatoms. The van der Waals surface area contributed by atoms with Gasteiger partial charge in [0.1, 0.15) is 0 Å². The van der Waals surface area contributed by atoms with Gasteiger partial charge in [0.05, 0.1) is 0 Å². The quantitative estimate of drug-likeness (QED) is 0.485. The van der Waals surface area contributed by atoms with Crippen LogP contribution in [0.5, 0.6) is 0 Å². The van der Waals surface area contributed by atoms with Crippen LogP contribution in [0, 0.1) is 11.8 Å². The molecule has 0 bridgehead atoms. The molecule has 2 fully saturated rings. The zero-order valence-electron chi connectivity index (χ0n) is 20.5. The molecule has 5 rings (SSSR count). The minimum absolute atomic E-state index is 0.220. The Kier molecular flexibility index (Phi) is 6.77. The molecule has 1 saturated carbocycles. The number of anilines is 3. The standard InChI is InChI=1S/C28H37N5O/c1-31(2)17-18-32-15-14-22-19-25(9-12-27(22)32)30-28(34)29-24-7-10-26(11-8-24)33-16-13-21-5-3-4-6-23(21)20-33/h7-12,14-15,19,21,23H,3-6,13,16-18,20H2,1-2H3,(H2,29,30,34)/t21-,23+/m1/s1. The van der Waals surface area contributed by atoms with Crippen molar-refractivity contribution in [2.75, 3.05) is 49.3 Å². The van der Waals surface area contributed by atoms with Gasteiger partial charge in [-0.1, -0.05) is 19.3 Å². The smallest absolute Gasteiger partial charge is 0.323 e. The van der Waals surface area contributed by atoms with Crippen molar-refractivity contribution in [3.05, 3.63) is 54.7 Å². The Bertz CT molecular complexity index is 1120. The van der Waals surface area contributed by atoms with E-state index in [1.165, 1.54) is 49.9 Å². The van der Waals surface area contributed by atoms with Crippen molar-refractivity contribution >= 4 is 34.0 Å². The number of hydrogen-bond acceptors (Lipinski definition) is 3. The van der Waals surface area contributed by atoms with Gasteiger partial charge in [-0.25, -0.2) is 4.79 Å². The summed E-state index contributed by atoms with van der Waals surface area (Å²) in [5, 5.41) is 7.07. The number of urea groups is 1. The highest BCUT2D eigenvalue weighted by atomic mass is 16.2. The lowest BCUT2D eigenvalue weighted by Gasteiger charge is -2.42. The molecular weight excluding hydrogens is 422 g/mol. The molecule has 1 aliphatic heterocycles. The van der Waals surface area contributed by atoms with Gasteiger partial charge < -0.3 is 25.0 Å². The molecule has 2 heterocycles. The lowest BCUT2D eigenvalue weighted by atomic mass is 9.75. The molecule has 2 aliphatic rings. The Morgan fingerprint density at radius 1 is 0.941 bits per heavy atom. The molecular formula is C28H37N5O. The Hall–Kier alpha value is -2.99. The SMILES string of the molecule is CN(C)CCn1ccc2cc(NC(=O)Nc3ccc(N4CC[C@H]5CCCC[C@H]5C4)cc3)ccc21. The molecule has 1 saturated heterocycles. The van der Waals surface area contributed by atoms with Gasteiger partial charge in [-0.3, -0.25) is 0 Å². The monoisotopic (exact) mass is 459 g/mol. The van der Waals surface area contributed by atoms with Crippen molar-refractivity contribution in [1.29, 1.82) is 0 Å². The average molecular weight is 460 g/mol. The number of nitrogens with zero attached hydrogens (tertiary/aromatic N) is 3. The second-order valence-corrected chi connectivity index (χ2v) is 10.3. The topological polar surface area (TPSA) is 52.5 Å². The van der Waals surface area contributed by atoms with Gasteiger partial charge in [0.15, 0.2) is 0 Å². The summed E-state index contributed by atoms with van der Waals surface area (Å²) in [6, 6.07) is 16.2. The van der Waals surface area contributed by atoms with Crippen LogP contribution >= 0.6 is 0 Å². The van der Waals surface area contributed by atoms with Crippen molar-refractivity contribution < 1.29 is 4.79 Å². The summed E-state index contributed by atoms with van der Waals surface area (Å²) in [5.41, 5.74) is 4.05. The zero-order chi connectivity index (χ0) is 23.5. The van der Waals surface area contributed by atoms with Crippen molar-refractivity contribution in [2.24, 2.45) is 11.8 Å². The number of fused-ring (bicyclic) bond motifs is 2. The molecule has 6 nitrogen and oxygen atoms in total. The van der Waals surface area contributed by atoms with Crippen LogP contribution < -0.4 is 15.5 Å². The number of benzene rings is 2. The van der Waals surface area contributed by atoms with E-state index >= 15 is 0 Å². The summed E-state index contributed by atoms with van der Waals surface area (Å²) in [6.07, 6.45) is 9.04. The maximum absolute atomic E-state index is 12.6. The third-order valence-electron chi connectivity index (χ3n) is 7.60. The third kappa shape index (κ3) is 5.22. The van der Waals surface area contributed by atoms with E-state index in [0.29, 0.717) is 0 Å². The first-order valence-corrected chi connectivity index (χ1v) is 12.7. The van der Waals surface area contributed by atoms with Crippen LogP contribution in [0.15, 0.2) is 54.7 Å². The number of hydrogen-bond donors (Lipinski definition) is 2. The molecule has 34 heavy (non-hydrogen) atoms. The van der Waals surface area contributed by atoms with E-state index in [0.717, 1.165) is 48.2 Å². The van der Waals surface area contributed by atoms with Crippen LogP contribution in [0.2, 0.25) is 0 Å². The fourth-order valence-corrected chi connectivity index (χ4v) is 5.67. The molecule has 2 amide bonds. The fourth-order valence-electron chi connectivity index (χ4n) is 5.67. The normalized spacial score (nSPS) is 20.4. The van der Waals surface area contributed by atoms with Crippen LogP contribution in [0.3, 0.4) is 0 Å². The van der Waals surface area contributed by atoms with Crippen molar-refractivity contribution in [3.63, 3.8) is 0 Å². The van der Waals surface area contributed by atoms with Crippen molar-refractivity contribution in [3.8, 4) is 0 Å². The van der Waals surface area contributed by atoms with Crippen molar-refractivity contribution in [1.82, 2.24) is 9.47 Å². The first-order valence-electron chi connectivity index (χ1n) is 12.7. The highest BCUT2D eigenvalue weighted by Gasteiger charge is 2.31. The minimum atomic E-state index is -0.220. The predicted molar refractivity (Wildman–Crippen MR) is 142 cm³/mol. The van der Waals surface area contributed by atoms with Gasteiger partial charge in [-0.2, -0.15) is 0 Å². The molecule has 0 radical (unpaired) electrons. The highest BCUT2D eigenvalue weighted by Crippen LogP contribution is 2.37. The van der Waals surface area contributed by atoms with Crippen LogP contribution in [0.1, 0.15) is 32.1 Å². The van der Waals surface area contributed by atoms with E-state index in [4.69, 9.17) is 0 Å². The average Bonchev–Trinajstić information content (AvgIpc) is 3.25. The fraction of sp³-hybridized carbons (Fsp3) is 0.464. The molecule has 1 aromatic heterocycles.